The standard InChI is InChI=1S/C12H12FN3O2/c1-12(2,11(17)18)10-7-14-15-16(10)9-5-3-8(13)4-6-9/h3-7H,1-2H3,(H,17,18). The molecule has 5 nitrogen and oxygen atoms in total. The van der Waals surface area contributed by atoms with E-state index in [1.54, 1.807) is 13.8 Å². The molecule has 1 aromatic carbocycles. The van der Waals surface area contributed by atoms with E-state index < -0.39 is 11.4 Å². The summed E-state index contributed by atoms with van der Waals surface area (Å²) >= 11 is 0. The summed E-state index contributed by atoms with van der Waals surface area (Å²) in [6.45, 7) is 3.13. The molecule has 0 spiro atoms. The van der Waals surface area contributed by atoms with Crippen LogP contribution in [0, 0.1) is 5.82 Å². The first-order valence-corrected chi connectivity index (χ1v) is 5.33. The quantitative estimate of drug-likeness (QED) is 0.900. The molecule has 94 valence electrons. The number of carboxylic acids is 1. The lowest BCUT2D eigenvalue weighted by Crippen LogP contribution is -2.31. The van der Waals surface area contributed by atoms with Gasteiger partial charge < -0.3 is 5.11 Å². The monoisotopic (exact) mass is 249 g/mol. The summed E-state index contributed by atoms with van der Waals surface area (Å²) in [5.74, 6) is -1.34. The second-order valence-corrected chi connectivity index (χ2v) is 4.44. The smallest absolute Gasteiger partial charge is 0.315 e. The van der Waals surface area contributed by atoms with Gasteiger partial charge in [0.25, 0.3) is 0 Å². The molecule has 0 aliphatic rings. The lowest BCUT2D eigenvalue weighted by Gasteiger charge is -2.19. The van der Waals surface area contributed by atoms with E-state index in [1.165, 1.54) is 35.1 Å². The van der Waals surface area contributed by atoms with E-state index in [2.05, 4.69) is 10.3 Å². The lowest BCUT2D eigenvalue weighted by atomic mass is 9.90. The summed E-state index contributed by atoms with van der Waals surface area (Å²) < 4.78 is 14.2. The number of hydrogen-bond acceptors (Lipinski definition) is 3. The van der Waals surface area contributed by atoms with Gasteiger partial charge in [0.1, 0.15) is 11.2 Å². The molecule has 0 aliphatic carbocycles. The van der Waals surface area contributed by atoms with Crippen molar-refractivity contribution in [2.24, 2.45) is 0 Å². The fourth-order valence-electron chi connectivity index (χ4n) is 1.54. The third kappa shape index (κ3) is 1.97. The predicted octanol–water partition coefficient (Wildman–Crippen LogP) is 1.77. The van der Waals surface area contributed by atoms with Gasteiger partial charge in [-0.05, 0) is 38.1 Å². The zero-order valence-electron chi connectivity index (χ0n) is 9.96. The van der Waals surface area contributed by atoms with Crippen molar-refractivity contribution in [3.63, 3.8) is 0 Å². The number of benzene rings is 1. The number of hydrogen-bond donors (Lipinski definition) is 1. The summed E-state index contributed by atoms with van der Waals surface area (Å²) in [5.41, 5.74) is -0.127. The summed E-state index contributed by atoms with van der Waals surface area (Å²) in [5, 5.41) is 16.8. The molecule has 0 saturated carbocycles. The van der Waals surface area contributed by atoms with E-state index in [9.17, 15) is 14.3 Å². The average Bonchev–Trinajstić information content (AvgIpc) is 2.79. The second-order valence-electron chi connectivity index (χ2n) is 4.44. The van der Waals surface area contributed by atoms with Gasteiger partial charge in [-0.15, -0.1) is 5.10 Å². The molecule has 0 radical (unpaired) electrons. The number of carbonyl (C=O) groups is 1. The molecule has 1 aromatic heterocycles. The van der Waals surface area contributed by atoms with Crippen molar-refractivity contribution in [3.8, 4) is 5.69 Å². The third-order valence-electron chi connectivity index (χ3n) is 2.80. The maximum absolute atomic E-state index is 12.9. The van der Waals surface area contributed by atoms with Crippen molar-refractivity contribution in [2.45, 2.75) is 19.3 Å². The number of nitrogens with zero attached hydrogens (tertiary/aromatic N) is 3. The van der Waals surface area contributed by atoms with E-state index >= 15 is 0 Å². The van der Waals surface area contributed by atoms with Crippen LogP contribution in [0.4, 0.5) is 4.39 Å². The fraction of sp³-hybridized carbons (Fsp3) is 0.250. The van der Waals surface area contributed by atoms with E-state index in [1.807, 2.05) is 0 Å². The molecule has 2 aromatic rings. The molecule has 0 bridgehead atoms. The minimum Gasteiger partial charge on any atom is -0.481 e. The van der Waals surface area contributed by atoms with Crippen LogP contribution in [0.5, 0.6) is 0 Å². The minimum absolute atomic E-state index is 0.363. The van der Waals surface area contributed by atoms with Crippen molar-refractivity contribution >= 4 is 5.97 Å². The van der Waals surface area contributed by atoms with Crippen LogP contribution in [0.15, 0.2) is 30.5 Å². The van der Waals surface area contributed by atoms with Gasteiger partial charge in [0, 0.05) is 0 Å². The van der Waals surface area contributed by atoms with Gasteiger partial charge in [0.2, 0.25) is 0 Å². The molecule has 0 atom stereocenters. The lowest BCUT2D eigenvalue weighted by molar-refractivity contribution is -0.142. The van der Waals surface area contributed by atoms with E-state index in [-0.39, 0.29) is 5.82 Å². The highest BCUT2D eigenvalue weighted by Gasteiger charge is 2.33. The predicted molar refractivity (Wildman–Crippen MR) is 62.0 cm³/mol. The van der Waals surface area contributed by atoms with Crippen LogP contribution in [-0.4, -0.2) is 26.1 Å². The molecule has 0 aliphatic heterocycles. The molecule has 1 heterocycles. The first-order chi connectivity index (χ1) is 8.43. The molecule has 1 N–H and O–H groups in total. The van der Waals surface area contributed by atoms with Crippen LogP contribution >= 0.6 is 0 Å². The Bertz CT molecular complexity index is 575. The van der Waals surface area contributed by atoms with Crippen molar-refractivity contribution in [3.05, 3.63) is 42.0 Å². The van der Waals surface area contributed by atoms with Crippen molar-refractivity contribution in [1.82, 2.24) is 15.0 Å². The number of rotatable bonds is 3. The highest BCUT2D eigenvalue weighted by molar-refractivity contribution is 5.79. The Hall–Kier alpha value is -2.24. The van der Waals surface area contributed by atoms with Gasteiger partial charge in [-0.1, -0.05) is 5.21 Å². The summed E-state index contributed by atoms with van der Waals surface area (Å²) in [7, 11) is 0. The molecule has 6 heteroatoms. The Kier molecular flexibility index (Phi) is 2.86. The first-order valence-electron chi connectivity index (χ1n) is 5.33. The molecule has 2 rings (SSSR count). The highest BCUT2D eigenvalue weighted by atomic mass is 19.1. The maximum atomic E-state index is 12.9. The van der Waals surface area contributed by atoms with E-state index in [0.717, 1.165) is 0 Å². The Labute approximate surface area is 103 Å². The zero-order chi connectivity index (χ0) is 13.3. The van der Waals surface area contributed by atoms with Crippen LogP contribution in [0.25, 0.3) is 5.69 Å². The Morgan fingerprint density at radius 1 is 1.33 bits per heavy atom. The molecule has 0 amide bonds. The summed E-state index contributed by atoms with van der Waals surface area (Å²) in [6.07, 6.45) is 1.40. The topological polar surface area (TPSA) is 68.0 Å². The van der Waals surface area contributed by atoms with Crippen molar-refractivity contribution in [2.75, 3.05) is 0 Å². The first kappa shape index (κ1) is 12.2. The molecule has 0 fully saturated rings. The van der Waals surface area contributed by atoms with Gasteiger partial charge in [0.05, 0.1) is 17.6 Å². The van der Waals surface area contributed by atoms with Crippen LogP contribution in [0.2, 0.25) is 0 Å². The number of carboxylic acid groups (broad SMARTS) is 1. The van der Waals surface area contributed by atoms with Crippen LogP contribution < -0.4 is 0 Å². The highest BCUT2D eigenvalue weighted by Crippen LogP contribution is 2.24. The maximum Gasteiger partial charge on any atom is 0.315 e. The molecule has 18 heavy (non-hydrogen) atoms. The van der Waals surface area contributed by atoms with E-state index in [0.29, 0.717) is 11.4 Å². The SMILES string of the molecule is CC(C)(C(=O)O)c1cnnn1-c1ccc(F)cc1. The van der Waals surface area contributed by atoms with Crippen LogP contribution in [0.3, 0.4) is 0 Å². The largest absolute Gasteiger partial charge is 0.481 e. The van der Waals surface area contributed by atoms with Crippen LogP contribution in [0.1, 0.15) is 19.5 Å². The van der Waals surface area contributed by atoms with Gasteiger partial charge in [0.15, 0.2) is 0 Å². The van der Waals surface area contributed by atoms with Crippen molar-refractivity contribution in [1.29, 1.82) is 0 Å². The van der Waals surface area contributed by atoms with Crippen molar-refractivity contribution < 1.29 is 14.3 Å². The molecule has 0 saturated heterocycles. The fourth-order valence-corrected chi connectivity index (χ4v) is 1.54. The normalized spacial score (nSPS) is 11.5. The van der Waals surface area contributed by atoms with Gasteiger partial charge in [-0.3, -0.25) is 4.79 Å². The van der Waals surface area contributed by atoms with Gasteiger partial charge in [-0.25, -0.2) is 9.07 Å². The number of aromatic nitrogens is 3. The Morgan fingerprint density at radius 2 is 1.94 bits per heavy atom. The second kappa shape index (κ2) is 4.21. The minimum atomic E-state index is -1.13. The Morgan fingerprint density at radius 3 is 2.50 bits per heavy atom. The number of halogens is 1. The van der Waals surface area contributed by atoms with Gasteiger partial charge >= 0.3 is 5.97 Å². The zero-order valence-corrected chi connectivity index (χ0v) is 9.96. The summed E-state index contributed by atoms with van der Waals surface area (Å²) in [4.78, 5) is 11.2. The molecule has 0 unspecified atom stereocenters. The molecular weight excluding hydrogens is 237 g/mol. The van der Waals surface area contributed by atoms with Gasteiger partial charge in [-0.2, -0.15) is 0 Å². The van der Waals surface area contributed by atoms with E-state index in [4.69, 9.17) is 0 Å². The average molecular weight is 249 g/mol. The molecular formula is C12H12FN3O2. The van der Waals surface area contributed by atoms with Crippen LogP contribution in [-0.2, 0) is 10.2 Å². The summed E-state index contributed by atoms with van der Waals surface area (Å²) in [6, 6.07) is 5.61. The number of aliphatic carboxylic acids is 1. The third-order valence-corrected chi connectivity index (χ3v) is 2.80. The Balaban J connectivity index is 2.52.